The minimum absolute atomic E-state index is 0.146. The first-order valence-electron chi connectivity index (χ1n) is 7.03. The average molecular weight is 332 g/mol. The highest BCUT2D eigenvalue weighted by molar-refractivity contribution is 5.82. The summed E-state index contributed by atoms with van der Waals surface area (Å²) in [5.41, 5.74) is 2.20. The van der Waals surface area contributed by atoms with Crippen LogP contribution in [0.2, 0.25) is 0 Å². The molecule has 0 bridgehead atoms. The minimum atomic E-state index is -0.576. The second kappa shape index (κ2) is 6.40. The molecule has 3 aromatic rings. The van der Waals surface area contributed by atoms with Gasteiger partial charge >= 0.3 is 0 Å². The molecule has 1 amide bonds. The van der Waals surface area contributed by atoms with Crippen molar-refractivity contribution in [1.29, 1.82) is 0 Å². The van der Waals surface area contributed by atoms with Gasteiger partial charge in [-0.25, -0.2) is 19.3 Å². The molecule has 124 valence electrons. The molecule has 0 aliphatic rings. The number of amides is 1. The lowest BCUT2D eigenvalue weighted by molar-refractivity contribution is -0.121. The third-order valence-electron chi connectivity index (χ3n) is 3.21. The van der Waals surface area contributed by atoms with Crippen LogP contribution in [0, 0.1) is 5.95 Å². The number of hydrazone groups is 1. The Morgan fingerprint density at radius 1 is 1.38 bits per heavy atom. The predicted molar refractivity (Wildman–Crippen MR) is 80.8 cm³/mol. The van der Waals surface area contributed by atoms with Gasteiger partial charge in [0.15, 0.2) is 0 Å². The molecule has 0 spiro atoms. The zero-order valence-electron chi connectivity index (χ0n) is 12.6. The quantitative estimate of drug-likeness (QED) is 0.495. The van der Waals surface area contributed by atoms with Crippen molar-refractivity contribution in [2.45, 2.75) is 20.0 Å². The van der Waals surface area contributed by atoms with Gasteiger partial charge in [0.1, 0.15) is 18.4 Å². The van der Waals surface area contributed by atoms with Gasteiger partial charge in [0.2, 0.25) is 5.95 Å². The molecule has 24 heavy (non-hydrogen) atoms. The Bertz CT molecular complexity index is 970. The fourth-order valence-electron chi connectivity index (χ4n) is 2.02. The Labute approximate surface area is 134 Å². The van der Waals surface area contributed by atoms with Crippen molar-refractivity contribution in [1.82, 2.24) is 34.6 Å². The molecule has 0 saturated carbocycles. The smallest absolute Gasteiger partial charge is 0.271 e. The number of nitrogens with zero attached hydrogens (tertiary/aromatic N) is 7. The van der Waals surface area contributed by atoms with Crippen LogP contribution in [0.25, 0.3) is 5.52 Å². The third kappa shape index (κ3) is 2.91. The zero-order valence-corrected chi connectivity index (χ0v) is 12.6. The second-order valence-electron chi connectivity index (χ2n) is 4.75. The summed E-state index contributed by atoms with van der Waals surface area (Å²) in [5.74, 6) is -1.12. The highest BCUT2D eigenvalue weighted by Gasteiger charge is 2.09. The molecule has 0 radical (unpaired) electrons. The van der Waals surface area contributed by atoms with E-state index in [9.17, 15) is 14.0 Å². The van der Waals surface area contributed by atoms with Crippen LogP contribution in [0.1, 0.15) is 12.5 Å². The second-order valence-corrected chi connectivity index (χ2v) is 4.75. The summed E-state index contributed by atoms with van der Waals surface area (Å²) in [5, 5.41) is 15.2. The van der Waals surface area contributed by atoms with Gasteiger partial charge in [0.05, 0.1) is 24.2 Å². The fraction of sp³-hybridized carbons (Fsp3) is 0.231. The Morgan fingerprint density at radius 2 is 2.21 bits per heavy atom. The van der Waals surface area contributed by atoms with E-state index in [0.717, 1.165) is 15.6 Å². The number of nitrogens with one attached hydrogen (secondary N) is 1. The van der Waals surface area contributed by atoms with Crippen LogP contribution < -0.4 is 11.0 Å². The Kier molecular flexibility index (Phi) is 4.14. The van der Waals surface area contributed by atoms with E-state index >= 15 is 0 Å². The van der Waals surface area contributed by atoms with Gasteiger partial charge in [0, 0.05) is 6.54 Å². The molecule has 0 unspecified atom stereocenters. The largest absolute Gasteiger partial charge is 0.293 e. The zero-order chi connectivity index (χ0) is 17.1. The Morgan fingerprint density at radius 3 is 2.96 bits per heavy atom. The topological polar surface area (TPSA) is 111 Å². The number of aryl methyl sites for hydroxylation is 1. The van der Waals surface area contributed by atoms with E-state index in [4.69, 9.17) is 0 Å². The molecule has 0 saturated heterocycles. The highest BCUT2D eigenvalue weighted by atomic mass is 19.1. The number of rotatable bonds is 5. The average Bonchev–Trinajstić information content (AvgIpc) is 3.18. The molecule has 3 heterocycles. The highest BCUT2D eigenvalue weighted by Crippen LogP contribution is 2.02. The first-order valence-corrected chi connectivity index (χ1v) is 7.03. The van der Waals surface area contributed by atoms with Crippen molar-refractivity contribution in [3.63, 3.8) is 0 Å². The first-order chi connectivity index (χ1) is 11.6. The van der Waals surface area contributed by atoms with E-state index in [0.29, 0.717) is 12.1 Å². The lowest BCUT2D eigenvalue weighted by atomic mass is 10.4. The number of halogens is 1. The van der Waals surface area contributed by atoms with E-state index in [1.165, 1.54) is 29.3 Å². The van der Waals surface area contributed by atoms with Crippen LogP contribution in [-0.4, -0.2) is 41.3 Å². The van der Waals surface area contributed by atoms with Crippen molar-refractivity contribution in [2.75, 3.05) is 0 Å². The maximum Gasteiger partial charge on any atom is 0.293 e. The van der Waals surface area contributed by atoms with Crippen molar-refractivity contribution < 1.29 is 9.18 Å². The van der Waals surface area contributed by atoms with Crippen molar-refractivity contribution >= 4 is 17.6 Å². The van der Waals surface area contributed by atoms with Gasteiger partial charge in [-0.15, -0.1) is 0 Å². The van der Waals surface area contributed by atoms with Crippen LogP contribution >= 0.6 is 0 Å². The fourth-order valence-corrected chi connectivity index (χ4v) is 2.02. The number of fused-ring (bicyclic) bond motifs is 1. The van der Waals surface area contributed by atoms with Crippen molar-refractivity contribution in [3.8, 4) is 0 Å². The molecule has 0 aromatic carbocycles. The van der Waals surface area contributed by atoms with Crippen molar-refractivity contribution in [3.05, 3.63) is 46.7 Å². The maximum atomic E-state index is 13.7. The van der Waals surface area contributed by atoms with Crippen LogP contribution in [0.15, 0.2) is 34.7 Å². The van der Waals surface area contributed by atoms with Gasteiger partial charge in [-0.2, -0.15) is 24.8 Å². The van der Waals surface area contributed by atoms with Crippen LogP contribution in [-0.2, 0) is 17.9 Å². The van der Waals surface area contributed by atoms with Gasteiger partial charge in [0.25, 0.3) is 11.5 Å². The van der Waals surface area contributed by atoms with Gasteiger partial charge in [-0.3, -0.25) is 9.59 Å². The Hall–Kier alpha value is -3.37. The van der Waals surface area contributed by atoms with Crippen LogP contribution in [0.3, 0.4) is 0 Å². The molecule has 11 heteroatoms. The maximum absolute atomic E-state index is 13.7. The van der Waals surface area contributed by atoms with Crippen molar-refractivity contribution in [2.24, 2.45) is 5.10 Å². The van der Waals surface area contributed by atoms with Crippen LogP contribution in [0.5, 0.6) is 0 Å². The molecule has 0 aliphatic heterocycles. The molecule has 1 N–H and O–H groups in total. The molecule has 10 nitrogen and oxygen atoms in total. The molecular formula is C13H13FN8O2. The molecule has 3 rings (SSSR count). The normalized spacial score (nSPS) is 11.4. The third-order valence-corrected chi connectivity index (χ3v) is 3.21. The molecule has 0 fully saturated rings. The van der Waals surface area contributed by atoms with E-state index in [1.54, 1.807) is 6.92 Å². The SMILES string of the molecule is CCn1ncc(/C=N\NC(=O)Cn2ncn3nccc3c2=O)c1F. The molecular weight excluding hydrogens is 319 g/mol. The number of carbonyl (C=O) groups is 1. The van der Waals surface area contributed by atoms with E-state index in [-0.39, 0.29) is 12.1 Å². The predicted octanol–water partition coefficient (Wildman–Crippen LogP) is -0.603. The number of carbonyl (C=O) groups excluding carboxylic acids is 1. The lowest BCUT2D eigenvalue weighted by Crippen LogP contribution is -2.32. The van der Waals surface area contributed by atoms with E-state index in [1.807, 2.05) is 0 Å². The summed E-state index contributed by atoms with van der Waals surface area (Å²) in [6, 6.07) is 1.52. The number of aromatic nitrogens is 6. The monoisotopic (exact) mass is 332 g/mol. The summed E-state index contributed by atoms with van der Waals surface area (Å²) in [7, 11) is 0. The van der Waals surface area contributed by atoms with Gasteiger partial charge < -0.3 is 0 Å². The minimum Gasteiger partial charge on any atom is -0.271 e. The lowest BCUT2D eigenvalue weighted by Gasteiger charge is -2.03. The Balaban J connectivity index is 1.66. The first kappa shape index (κ1) is 15.5. The molecule has 0 aliphatic carbocycles. The number of hydrogen-bond donors (Lipinski definition) is 1. The van der Waals surface area contributed by atoms with Crippen LogP contribution in [0.4, 0.5) is 4.39 Å². The summed E-state index contributed by atoms with van der Waals surface area (Å²) in [6.07, 6.45) is 5.22. The summed E-state index contributed by atoms with van der Waals surface area (Å²) < 4.78 is 17.2. The van der Waals surface area contributed by atoms with Gasteiger partial charge in [-0.1, -0.05) is 0 Å². The molecule has 0 atom stereocenters. The van der Waals surface area contributed by atoms with E-state index in [2.05, 4.69) is 25.8 Å². The van der Waals surface area contributed by atoms with E-state index < -0.39 is 17.4 Å². The van der Waals surface area contributed by atoms with Gasteiger partial charge in [-0.05, 0) is 13.0 Å². The standard InChI is InChI=1S/C13H13FN8O2/c1-2-20-12(14)9(6-17-20)5-15-19-11(23)7-21-13(24)10-3-4-16-22(10)8-18-21/h3-6,8H,2,7H2,1H3,(H,19,23)/b15-5-. The summed E-state index contributed by atoms with van der Waals surface area (Å²) in [4.78, 5) is 23.9. The summed E-state index contributed by atoms with van der Waals surface area (Å²) >= 11 is 0. The molecule has 3 aromatic heterocycles. The number of hydrogen-bond acceptors (Lipinski definition) is 6. The summed E-state index contributed by atoms with van der Waals surface area (Å²) in [6.45, 7) is 1.81.